The first-order chi connectivity index (χ1) is 9.11. The van der Waals surface area contributed by atoms with Crippen molar-refractivity contribution in [2.75, 3.05) is 13.1 Å². The number of rotatable bonds is 1. The van der Waals surface area contributed by atoms with E-state index >= 15 is 0 Å². The van der Waals surface area contributed by atoms with E-state index in [2.05, 4.69) is 5.32 Å². The van der Waals surface area contributed by atoms with Crippen LogP contribution in [0.1, 0.15) is 35.2 Å². The zero-order valence-electron chi connectivity index (χ0n) is 11.2. The van der Waals surface area contributed by atoms with Crippen LogP contribution in [0.3, 0.4) is 0 Å². The minimum atomic E-state index is -0.335. The number of hydrogen-bond acceptors (Lipinski definition) is 2. The van der Waals surface area contributed by atoms with Crippen LogP contribution in [0.4, 0.5) is 4.39 Å². The minimum Gasteiger partial charge on any atom is -0.337 e. The highest BCUT2D eigenvalue weighted by molar-refractivity contribution is 5.94. The second-order valence-electron chi connectivity index (χ2n) is 5.69. The number of fused-ring (bicyclic) bond motifs is 2. The van der Waals surface area contributed by atoms with Crippen LogP contribution in [0.15, 0.2) is 18.2 Å². The third-order valence-electron chi connectivity index (χ3n) is 4.10. The highest BCUT2D eigenvalue weighted by Crippen LogP contribution is 2.22. The van der Waals surface area contributed by atoms with Gasteiger partial charge in [0.25, 0.3) is 5.91 Å². The quantitative estimate of drug-likeness (QED) is 0.840. The van der Waals surface area contributed by atoms with Gasteiger partial charge in [0.15, 0.2) is 0 Å². The maximum absolute atomic E-state index is 13.4. The first kappa shape index (κ1) is 12.6. The Balaban J connectivity index is 1.79. The SMILES string of the molecule is Cc1cc(F)cc(C(=O)N2CCC3CCC(C2)N3)c1. The van der Waals surface area contributed by atoms with Crippen LogP contribution >= 0.6 is 0 Å². The summed E-state index contributed by atoms with van der Waals surface area (Å²) >= 11 is 0. The lowest BCUT2D eigenvalue weighted by molar-refractivity contribution is 0.0747. The summed E-state index contributed by atoms with van der Waals surface area (Å²) in [6.07, 6.45) is 3.35. The zero-order valence-corrected chi connectivity index (χ0v) is 11.2. The molecule has 2 heterocycles. The Bertz CT molecular complexity index is 483. The summed E-state index contributed by atoms with van der Waals surface area (Å²) in [5, 5.41) is 3.54. The standard InChI is InChI=1S/C15H19FN2O/c1-10-6-11(8-12(16)7-10)15(19)18-5-4-13-2-3-14(9-18)17-13/h6-8,13-14,17H,2-5,9H2,1H3. The highest BCUT2D eigenvalue weighted by atomic mass is 19.1. The number of hydrogen-bond donors (Lipinski definition) is 1. The van der Waals surface area contributed by atoms with Crippen LogP contribution in [0.25, 0.3) is 0 Å². The molecular formula is C15H19FN2O. The summed E-state index contributed by atoms with van der Waals surface area (Å²) in [5.74, 6) is -0.380. The number of nitrogens with zero attached hydrogens (tertiary/aromatic N) is 1. The van der Waals surface area contributed by atoms with Crippen LogP contribution in [0.2, 0.25) is 0 Å². The van der Waals surface area contributed by atoms with Crippen LogP contribution in [0, 0.1) is 12.7 Å². The van der Waals surface area contributed by atoms with Gasteiger partial charge >= 0.3 is 0 Å². The van der Waals surface area contributed by atoms with Gasteiger partial charge in [-0.05, 0) is 49.9 Å². The largest absolute Gasteiger partial charge is 0.337 e. The normalized spacial score (nSPS) is 26.3. The molecule has 1 amide bonds. The number of carbonyl (C=O) groups excluding carboxylic acids is 1. The monoisotopic (exact) mass is 262 g/mol. The summed E-state index contributed by atoms with van der Waals surface area (Å²) in [4.78, 5) is 14.3. The minimum absolute atomic E-state index is 0.0445. The van der Waals surface area contributed by atoms with Crippen molar-refractivity contribution in [3.63, 3.8) is 0 Å². The van der Waals surface area contributed by atoms with Gasteiger partial charge in [0.1, 0.15) is 5.82 Å². The second kappa shape index (κ2) is 4.93. The molecule has 1 aromatic carbocycles. The first-order valence-corrected chi connectivity index (χ1v) is 6.94. The maximum atomic E-state index is 13.4. The van der Waals surface area contributed by atoms with E-state index in [1.807, 2.05) is 11.8 Å². The maximum Gasteiger partial charge on any atom is 0.254 e. The molecule has 2 saturated heterocycles. The number of aryl methyl sites for hydroxylation is 1. The smallest absolute Gasteiger partial charge is 0.254 e. The average Bonchev–Trinajstić information content (AvgIpc) is 2.67. The van der Waals surface area contributed by atoms with Gasteiger partial charge in [0.2, 0.25) is 0 Å². The van der Waals surface area contributed by atoms with E-state index in [1.54, 1.807) is 6.07 Å². The number of carbonyl (C=O) groups is 1. The molecular weight excluding hydrogens is 243 g/mol. The molecule has 0 saturated carbocycles. The molecule has 4 heteroatoms. The average molecular weight is 262 g/mol. The van der Waals surface area contributed by atoms with Crippen molar-refractivity contribution in [3.8, 4) is 0 Å². The lowest BCUT2D eigenvalue weighted by Gasteiger charge is -2.24. The molecule has 3 nitrogen and oxygen atoms in total. The van der Waals surface area contributed by atoms with E-state index in [-0.39, 0.29) is 11.7 Å². The Morgan fingerprint density at radius 1 is 1.26 bits per heavy atom. The van der Waals surface area contributed by atoms with Gasteiger partial charge in [-0.15, -0.1) is 0 Å². The molecule has 2 fully saturated rings. The van der Waals surface area contributed by atoms with Crippen molar-refractivity contribution < 1.29 is 9.18 Å². The summed E-state index contributed by atoms with van der Waals surface area (Å²) in [6.45, 7) is 3.32. The van der Waals surface area contributed by atoms with E-state index < -0.39 is 0 Å². The Kier molecular flexibility index (Phi) is 3.27. The van der Waals surface area contributed by atoms with Crippen LogP contribution in [-0.4, -0.2) is 36.0 Å². The molecule has 1 aromatic rings. The fraction of sp³-hybridized carbons (Fsp3) is 0.533. The number of nitrogens with one attached hydrogen (secondary N) is 1. The van der Waals surface area contributed by atoms with Crippen LogP contribution in [0.5, 0.6) is 0 Å². The fourth-order valence-electron chi connectivity index (χ4n) is 3.17. The molecule has 1 N–H and O–H groups in total. The van der Waals surface area contributed by atoms with Crippen molar-refractivity contribution in [2.24, 2.45) is 0 Å². The predicted molar refractivity (Wildman–Crippen MR) is 71.6 cm³/mol. The van der Waals surface area contributed by atoms with E-state index in [0.717, 1.165) is 31.5 Å². The van der Waals surface area contributed by atoms with Crippen LogP contribution in [-0.2, 0) is 0 Å². The van der Waals surface area contributed by atoms with Crippen molar-refractivity contribution in [3.05, 3.63) is 35.1 Å². The van der Waals surface area contributed by atoms with Gasteiger partial charge in [0.05, 0.1) is 0 Å². The van der Waals surface area contributed by atoms with E-state index in [1.165, 1.54) is 18.6 Å². The molecule has 0 aliphatic carbocycles. The summed E-state index contributed by atoms with van der Waals surface area (Å²) in [6, 6.07) is 5.51. The van der Waals surface area contributed by atoms with E-state index in [9.17, 15) is 9.18 Å². The molecule has 2 unspecified atom stereocenters. The van der Waals surface area contributed by atoms with Crippen molar-refractivity contribution in [2.45, 2.75) is 38.3 Å². The molecule has 2 atom stereocenters. The lowest BCUT2D eigenvalue weighted by Crippen LogP contribution is -2.39. The Labute approximate surface area is 112 Å². The molecule has 19 heavy (non-hydrogen) atoms. The second-order valence-corrected chi connectivity index (χ2v) is 5.69. The van der Waals surface area contributed by atoms with Gasteiger partial charge in [-0.2, -0.15) is 0 Å². The first-order valence-electron chi connectivity index (χ1n) is 6.94. The Morgan fingerprint density at radius 2 is 2.05 bits per heavy atom. The van der Waals surface area contributed by atoms with Gasteiger partial charge in [-0.25, -0.2) is 4.39 Å². The molecule has 2 aliphatic heterocycles. The fourth-order valence-corrected chi connectivity index (χ4v) is 3.17. The number of halogens is 1. The molecule has 3 rings (SSSR count). The summed E-state index contributed by atoms with van der Waals surface area (Å²) in [5.41, 5.74) is 1.26. The predicted octanol–water partition coefficient (Wildman–Crippen LogP) is 2.10. The van der Waals surface area contributed by atoms with Gasteiger partial charge in [-0.1, -0.05) is 0 Å². The topological polar surface area (TPSA) is 32.3 Å². The van der Waals surface area contributed by atoms with Crippen molar-refractivity contribution in [1.29, 1.82) is 0 Å². The number of likely N-dealkylation sites (tertiary alicyclic amines) is 1. The van der Waals surface area contributed by atoms with E-state index in [4.69, 9.17) is 0 Å². The number of amides is 1. The highest BCUT2D eigenvalue weighted by Gasteiger charge is 2.31. The Hall–Kier alpha value is -1.42. The van der Waals surface area contributed by atoms with Crippen molar-refractivity contribution >= 4 is 5.91 Å². The lowest BCUT2D eigenvalue weighted by atomic mass is 10.1. The molecule has 0 spiro atoms. The van der Waals surface area contributed by atoms with Gasteiger partial charge < -0.3 is 10.2 Å². The van der Waals surface area contributed by atoms with Crippen molar-refractivity contribution in [1.82, 2.24) is 10.2 Å². The molecule has 2 bridgehead atoms. The summed E-state index contributed by atoms with van der Waals surface area (Å²) in [7, 11) is 0. The summed E-state index contributed by atoms with van der Waals surface area (Å²) < 4.78 is 13.4. The molecule has 102 valence electrons. The van der Waals surface area contributed by atoms with E-state index in [0.29, 0.717) is 17.6 Å². The van der Waals surface area contributed by atoms with Crippen LogP contribution < -0.4 is 5.32 Å². The third-order valence-corrected chi connectivity index (χ3v) is 4.10. The zero-order chi connectivity index (χ0) is 13.4. The number of benzene rings is 1. The molecule has 2 aliphatic rings. The molecule has 0 radical (unpaired) electrons. The third kappa shape index (κ3) is 2.63. The molecule has 0 aromatic heterocycles. The van der Waals surface area contributed by atoms with Gasteiger partial charge in [0, 0.05) is 30.7 Å². The Morgan fingerprint density at radius 3 is 2.84 bits per heavy atom. The van der Waals surface area contributed by atoms with Gasteiger partial charge in [-0.3, -0.25) is 4.79 Å².